The van der Waals surface area contributed by atoms with E-state index in [1.807, 2.05) is 29.8 Å². The Labute approximate surface area is 151 Å². The summed E-state index contributed by atoms with van der Waals surface area (Å²) in [6, 6.07) is 5.77. The molecular weight excluding hydrogens is 362 g/mol. The van der Waals surface area contributed by atoms with Gasteiger partial charge in [0.25, 0.3) is 5.91 Å². The van der Waals surface area contributed by atoms with Gasteiger partial charge in [-0.25, -0.2) is 4.98 Å². The third-order valence-electron chi connectivity index (χ3n) is 3.21. The van der Waals surface area contributed by atoms with Crippen molar-refractivity contribution in [1.82, 2.24) is 10.3 Å². The van der Waals surface area contributed by atoms with Crippen LogP contribution in [0.3, 0.4) is 0 Å². The number of anilines is 1. The molecule has 8 heteroatoms. The Kier molecular flexibility index (Phi) is 5.08. The van der Waals surface area contributed by atoms with Gasteiger partial charge in [-0.05, 0) is 30.5 Å². The first-order valence-corrected chi connectivity index (χ1v) is 9.75. The van der Waals surface area contributed by atoms with E-state index in [1.54, 1.807) is 17.4 Å². The van der Waals surface area contributed by atoms with E-state index >= 15 is 0 Å². The summed E-state index contributed by atoms with van der Waals surface area (Å²) in [5.74, 6) is -0.192. The van der Waals surface area contributed by atoms with Crippen molar-refractivity contribution in [3.63, 3.8) is 0 Å². The van der Waals surface area contributed by atoms with Crippen LogP contribution in [0.4, 0.5) is 5.13 Å². The topological polar surface area (TPSA) is 71.1 Å². The summed E-state index contributed by atoms with van der Waals surface area (Å²) in [7, 11) is 0. The lowest BCUT2D eigenvalue weighted by atomic mass is 10.3. The molecule has 3 rings (SSSR count). The van der Waals surface area contributed by atoms with Crippen molar-refractivity contribution in [3.8, 4) is 10.6 Å². The van der Waals surface area contributed by atoms with Crippen LogP contribution in [0.25, 0.3) is 10.6 Å². The Morgan fingerprint density at radius 1 is 1.21 bits per heavy atom. The highest BCUT2D eigenvalue weighted by Crippen LogP contribution is 2.34. The van der Waals surface area contributed by atoms with Crippen molar-refractivity contribution in [2.24, 2.45) is 0 Å². The number of carbonyl (C=O) groups excluding carboxylic acids is 2. The molecule has 2 amide bonds. The van der Waals surface area contributed by atoms with Gasteiger partial charge in [0, 0.05) is 22.1 Å². The zero-order valence-corrected chi connectivity index (χ0v) is 15.5. The molecule has 124 valence electrons. The number of aromatic nitrogens is 1. The van der Waals surface area contributed by atoms with Gasteiger partial charge in [-0.15, -0.1) is 22.7 Å². The number of nitrogens with one attached hydrogen (secondary N) is 2. The summed E-state index contributed by atoms with van der Waals surface area (Å²) in [6.45, 7) is 4.01. The van der Waals surface area contributed by atoms with Crippen molar-refractivity contribution in [2.75, 3.05) is 5.32 Å². The number of rotatable bonds is 5. The van der Waals surface area contributed by atoms with Crippen molar-refractivity contribution in [2.45, 2.75) is 20.4 Å². The van der Waals surface area contributed by atoms with Crippen molar-refractivity contribution in [1.29, 1.82) is 0 Å². The number of hydrogen-bond acceptors (Lipinski definition) is 6. The molecule has 0 aliphatic carbocycles. The van der Waals surface area contributed by atoms with Crippen molar-refractivity contribution < 1.29 is 9.59 Å². The van der Waals surface area contributed by atoms with Crippen LogP contribution in [0.15, 0.2) is 29.0 Å². The molecule has 0 atom stereocenters. The maximum atomic E-state index is 12.1. The highest BCUT2D eigenvalue weighted by atomic mass is 32.1. The number of amides is 2. The molecule has 0 bridgehead atoms. The molecule has 24 heavy (non-hydrogen) atoms. The van der Waals surface area contributed by atoms with Crippen LogP contribution in [-0.2, 0) is 11.3 Å². The Balaban J connectivity index is 1.74. The molecule has 3 aromatic rings. The van der Waals surface area contributed by atoms with Crippen LogP contribution in [0, 0.1) is 6.92 Å². The second-order valence-corrected chi connectivity index (χ2v) is 8.22. The molecule has 0 spiro atoms. The quantitative estimate of drug-likeness (QED) is 0.702. The predicted octanol–water partition coefficient (Wildman–Crippen LogP) is 4.13. The molecule has 3 aromatic heterocycles. The molecular formula is C16H15N3O2S3. The smallest absolute Gasteiger partial charge is 0.258 e. The second-order valence-electron chi connectivity index (χ2n) is 5.07. The number of carbonyl (C=O) groups is 2. The molecule has 0 aliphatic rings. The number of hydrogen-bond donors (Lipinski definition) is 2. The molecule has 0 aliphatic heterocycles. The van der Waals surface area contributed by atoms with Crippen molar-refractivity contribution >= 4 is 51.0 Å². The summed E-state index contributed by atoms with van der Waals surface area (Å²) < 4.78 is 0. The standard InChI is InChI=1S/C16H15N3O2S3/c1-9-14(13-4-3-12(24-13)7-17-10(2)20)18-16(23-9)19-15(21)11-5-6-22-8-11/h3-6,8H,7H2,1-2H3,(H,17,20)(H,18,19,21). The van der Waals surface area contributed by atoms with E-state index in [9.17, 15) is 9.59 Å². The van der Waals surface area contributed by atoms with Crippen LogP contribution in [0.1, 0.15) is 27.0 Å². The molecule has 0 saturated heterocycles. The van der Waals surface area contributed by atoms with Crippen LogP contribution in [-0.4, -0.2) is 16.8 Å². The zero-order chi connectivity index (χ0) is 17.1. The van der Waals surface area contributed by atoms with E-state index in [-0.39, 0.29) is 11.8 Å². The third kappa shape index (κ3) is 3.89. The van der Waals surface area contributed by atoms with E-state index in [0.29, 0.717) is 17.2 Å². The van der Waals surface area contributed by atoms with Gasteiger partial charge in [0.05, 0.1) is 22.7 Å². The van der Waals surface area contributed by atoms with E-state index < -0.39 is 0 Å². The van der Waals surface area contributed by atoms with Crippen LogP contribution >= 0.6 is 34.0 Å². The van der Waals surface area contributed by atoms with Gasteiger partial charge < -0.3 is 5.32 Å². The first-order valence-electron chi connectivity index (χ1n) is 7.17. The number of aryl methyl sites for hydroxylation is 1. The Hall–Kier alpha value is -2.03. The first kappa shape index (κ1) is 16.8. The minimum atomic E-state index is -0.144. The van der Waals surface area contributed by atoms with Gasteiger partial charge in [0.15, 0.2) is 5.13 Å². The Morgan fingerprint density at radius 2 is 2.04 bits per heavy atom. The lowest BCUT2D eigenvalue weighted by Crippen LogP contribution is -2.17. The third-order valence-corrected chi connectivity index (χ3v) is 5.87. The fourth-order valence-electron chi connectivity index (χ4n) is 2.05. The van der Waals surface area contributed by atoms with Gasteiger partial charge in [0.2, 0.25) is 5.91 Å². The van der Waals surface area contributed by atoms with Gasteiger partial charge in [-0.1, -0.05) is 0 Å². The van der Waals surface area contributed by atoms with Crippen LogP contribution in [0.5, 0.6) is 0 Å². The predicted molar refractivity (Wildman–Crippen MR) is 100.0 cm³/mol. The fraction of sp³-hybridized carbons (Fsp3) is 0.188. The maximum Gasteiger partial charge on any atom is 0.258 e. The number of nitrogens with zero attached hydrogens (tertiary/aromatic N) is 1. The highest BCUT2D eigenvalue weighted by Gasteiger charge is 2.15. The monoisotopic (exact) mass is 377 g/mol. The first-order chi connectivity index (χ1) is 11.5. The largest absolute Gasteiger partial charge is 0.351 e. The van der Waals surface area contributed by atoms with Gasteiger partial charge in [-0.3, -0.25) is 14.9 Å². The zero-order valence-electron chi connectivity index (χ0n) is 13.1. The Bertz CT molecular complexity index is 865. The van der Waals surface area contributed by atoms with Gasteiger partial charge in [0.1, 0.15) is 0 Å². The van der Waals surface area contributed by atoms with E-state index in [0.717, 1.165) is 20.3 Å². The van der Waals surface area contributed by atoms with Gasteiger partial charge in [-0.2, -0.15) is 11.3 Å². The Morgan fingerprint density at radius 3 is 2.75 bits per heavy atom. The minimum Gasteiger partial charge on any atom is -0.351 e. The second kappa shape index (κ2) is 7.25. The van der Waals surface area contributed by atoms with Crippen LogP contribution in [0.2, 0.25) is 0 Å². The number of thiazole rings is 1. The van der Waals surface area contributed by atoms with Crippen LogP contribution < -0.4 is 10.6 Å². The lowest BCUT2D eigenvalue weighted by Gasteiger charge is -1.98. The van der Waals surface area contributed by atoms with E-state index in [4.69, 9.17) is 0 Å². The summed E-state index contributed by atoms with van der Waals surface area (Å²) >= 11 is 4.54. The average molecular weight is 378 g/mol. The summed E-state index contributed by atoms with van der Waals surface area (Å²) in [5.41, 5.74) is 1.52. The SMILES string of the molecule is CC(=O)NCc1ccc(-c2nc(NC(=O)c3ccsc3)sc2C)s1. The fourth-order valence-corrected chi connectivity index (χ4v) is 4.57. The highest BCUT2D eigenvalue weighted by molar-refractivity contribution is 7.18. The van der Waals surface area contributed by atoms with Crippen molar-refractivity contribution in [3.05, 3.63) is 44.3 Å². The normalized spacial score (nSPS) is 10.6. The molecule has 0 unspecified atom stereocenters. The summed E-state index contributed by atoms with van der Waals surface area (Å²) in [5, 5.41) is 9.90. The van der Waals surface area contributed by atoms with E-state index in [1.165, 1.54) is 29.6 Å². The molecule has 3 heterocycles. The molecule has 5 nitrogen and oxygen atoms in total. The number of thiophene rings is 2. The summed E-state index contributed by atoms with van der Waals surface area (Å²) in [6.07, 6.45) is 0. The molecule has 0 radical (unpaired) electrons. The van der Waals surface area contributed by atoms with E-state index in [2.05, 4.69) is 15.6 Å². The maximum absolute atomic E-state index is 12.1. The molecule has 0 saturated carbocycles. The molecule has 0 fully saturated rings. The average Bonchev–Trinajstić information content (AvgIpc) is 3.25. The molecule has 0 aromatic carbocycles. The minimum absolute atomic E-state index is 0.0479. The lowest BCUT2D eigenvalue weighted by molar-refractivity contribution is -0.119. The summed E-state index contributed by atoms with van der Waals surface area (Å²) in [4.78, 5) is 30.8. The van der Waals surface area contributed by atoms with Gasteiger partial charge >= 0.3 is 0 Å². The molecule has 2 N–H and O–H groups in total.